The topological polar surface area (TPSA) is 18.9 Å². The van der Waals surface area contributed by atoms with Crippen LogP contribution < -0.4 is 9.88 Å². The standard InChI is InChI=1S/C26H33N3/c1-6-17-28(5)21(4)19-26-24(16-15-20(3)27-7-2)22-12-8-9-13-23(22)25-14-10-11-18-29(25)26/h6,8-14,17-18,24,26-27H,3-5,7,15-16,19H2,1-2H3/q+2/b17-6-. The van der Waals surface area contributed by atoms with Crippen LogP contribution in [0.5, 0.6) is 0 Å². The summed E-state index contributed by atoms with van der Waals surface area (Å²) in [6.45, 7) is 17.7. The number of rotatable bonds is 9. The number of aromatic nitrogens is 1. The summed E-state index contributed by atoms with van der Waals surface area (Å²) in [5, 5.41) is 3.37. The van der Waals surface area contributed by atoms with Crippen molar-refractivity contribution in [2.24, 2.45) is 0 Å². The smallest absolute Gasteiger partial charge is 0.213 e. The van der Waals surface area contributed by atoms with E-state index in [9.17, 15) is 0 Å². The Morgan fingerprint density at radius 2 is 1.93 bits per heavy atom. The fourth-order valence-electron chi connectivity index (χ4n) is 4.33. The van der Waals surface area contributed by atoms with Crippen molar-refractivity contribution in [2.45, 2.75) is 45.1 Å². The van der Waals surface area contributed by atoms with E-state index in [1.54, 1.807) is 0 Å². The van der Waals surface area contributed by atoms with Crippen molar-refractivity contribution in [3.8, 4) is 11.3 Å². The maximum Gasteiger partial charge on any atom is 0.213 e. The van der Waals surface area contributed by atoms with Gasteiger partial charge >= 0.3 is 0 Å². The molecule has 0 saturated carbocycles. The van der Waals surface area contributed by atoms with Gasteiger partial charge in [-0.2, -0.15) is 9.14 Å². The monoisotopic (exact) mass is 387 g/mol. The highest BCUT2D eigenvalue weighted by atomic mass is 15.0. The molecule has 29 heavy (non-hydrogen) atoms. The van der Waals surface area contributed by atoms with E-state index in [0.717, 1.165) is 37.2 Å². The molecular formula is C26H33N3+2. The van der Waals surface area contributed by atoms with Crippen molar-refractivity contribution >= 4 is 6.72 Å². The van der Waals surface area contributed by atoms with E-state index in [1.807, 2.05) is 23.8 Å². The Kier molecular flexibility index (Phi) is 6.82. The van der Waals surface area contributed by atoms with Crippen LogP contribution in [-0.2, 0) is 0 Å². The average molecular weight is 388 g/mol. The highest BCUT2D eigenvalue weighted by Crippen LogP contribution is 2.42. The zero-order chi connectivity index (χ0) is 20.8. The van der Waals surface area contributed by atoms with Crippen LogP contribution in [0.4, 0.5) is 0 Å². The number of allylic oxidation sites excluding steroid dienone is 3. The van der Waals surface area contributed by atoms with E-state index in [-0.39, 0.29) is 6.04 Å². The van der Waals surface area contributed by atoms with E-state index in [0.29, 0.717) is 5.92 Å². The SMILES string of the molecule is C=C(CCC1c2ccccc2-c2cccc[n+]2C1CC(=C)[N+](=C)/C=C\C)NCC. The molecule has 1 aromatic heterocycles. The third kappa shape index (κ3) is 4.56. The summed E-state index contributed by atoms with van der Waals surface area (Å²) in [5.41, 5.74) is 6.14. The first-order valence-corrected chi connectivity index (χ1v) is 10.5. The first-order chi connectivity index (χ1) is 14.1. The third-order valence-corrected chi connectivity index (χ3v) is 5.71. The predicted molar refractivity (Wildman–Crippen MR) is 122 cm³/mol. The second kappa shape index (κ2) is 9.51. The van der Waals surface area contributed by atoms with E-state index >= 15 is 0 Å². The summed E-state index contributed by atoms with van der Waals surface area (Å²) in [4.78, 5) is 0. The summed E-state index contributed by atoms with van der Waals surface area (Å²) in [6.07, 6.45) is 9.02. The summed E-state index contributed by atoms with van der Waals surface area (Å²) < 4.78 is 4.32. The molecule has 1 N–H and O–H groups in total. The van der Waals surface area contributed by atoms with E-state index in [4.69, 9.17) is 0 Å². The number of benzene rings is 1. The fourth-order valence-corrected chi connectivity index (χ4v) is 4.33. The lowest BCUT2D eigenvalue weighted by molar-refractivity contribution is -0.719. The normalized spacial score (nSPS) is 17.4. The molecule has 0 amide bonds. The molecule has 0 spiro atoms. The first kappa shape index (κ1) is 20.8. The van der Waals surface area contributed by atoms with Gasteiger partial charge in [0.2, 0.25) is 5.69 Å². The largest absolute Gasteiger partial charge is 0.389 e. The summed E-state index contributed by atoms with van der Waals surface area (Å²) in [6, 6.07) is 15.6. The van der Waals surface area contributed by atoms with Crippen LogP contribution in [0.2, 0.25) is 0 Å². The van der Waals surface area contributed by atoms with Gasteiger partial charge in [-0.1, -0.05) is 24.8 Å². The first-order valence-electron chi connectivity index (χ1n) is 10.5. The number of pyridine rings is 1. The van der Waals surface area contributed by atoms with Crippen LogP contribution >= 0.6 is 0 Å². The number of nitrogens with zero attached hydrogens (tertiary/aromatic N) is 2. The molecular weight excluding hydrogens is 354 g/mol. The lowest BCUT2D eigenvalue weighted by Gasteiger charge is -2.30. The van der Waals surface area contributed by atoms with Gasteiger partial charge in [0.25, 0.3) is 0 Å². The number of nitrogens with one attached hydrogen (secondary N) is 1. The third-order valence-electron chi connectivity index (χ3n) is 5.71. The molecule has 0 saturated heterocycles. The molecule has 3 nitrogen and oxygen atoms in total. The molecule has 1 aliphatic heterocycles. The Labute approximate surface area is 175 Å². The van der Waals surface area contributed by atoms with Crippen LogP contribution in [-0.4, -0.2) is 17.8 Å². The molecule has 1 aliphatic rings. The van der Waals surface area contributed by atoms with E-state index in [1.165, 1.54) is 16.8 Å². The Bertz CT molecular complexity index is 938. The Balaban J connectivity index is 2.00. The van der Waals surface area contributed by atoms with Crippen LogP contribution in [0.15, 0.2) is 85.5 Å². The molecule has 0 bridgehead atoms. The fraction of sp³-hybridized carbons (Fsp3) is 0.308. The second-order valence-corrected chi connectivity index (χ2v) is 7.65. The molecule has 150 valence electrons. The molecule has 1 aromatic carbocycles. The number of hydrogen-bond acceptors (Lipinski definition) is 1. The Morgan fingerprint density at radius 1 is 1.17 bits per heavy atom. The van der Waals surface area contributed by atoms with Crippen molar-refractivity contribution in [2.75, 3.05) is 6.54 Å². The van der Waals surface area contributed by atoms with E-state index in [2.05, 4.69) is 85.3 Å². The van der Waals surface area contributed by atoms with Gasteiger partial charge in [0.1, 0.15) is 6.72 Å². The van der Waals surface area contributed by atoms with Crippen LogP contribution in [0, 0.1) is 0 Å². The summed E-state index contributed by atoms with van der Waals surface area (Å²) >= 11 is 0. The minimum atomic E-state index is 0.289. The molecule has 3 heteroatoms. The minimum absolute atomic E-state index is 0.289. The molecule has 0 fully saturated rings. The van der Waals surface area contributed by atoms with Gasteiger partial charge < -0.3 is 5.32 Å². The summed E-state index contributed by atoms with van der Waals surface area (Å²) in [7, 11) is 0. The van der Waals surface area contributed by atoms with Crippen LogP contribution in [0.25, 0.3) is 11.3 Å². The van der Waals surface area contributed by atoms with Crippen molar-refractivity contribution in [3.63, 3.8) is 0 Å². The quantitative estimate of drug-likeness (QED) is 0.455. The maximum atomic E-state index is 4.32. The zero-order valence-corrected chi connectivity index (χ0v) is 17.8. The van der Waals surface area contributed by atoms with Crippen molar-refractivity contribution in [1.82, 2.24) is 5.32 Å². The molecule has 2 heterocycles. The minimum Gasteiger partial charge on any atom is -0.389 e. The van der Waals surface area contributed by atoms with Gasteiger partial charge in [-0.25, -0.2) is 0 Å². The summed E-state index contributed by atoms with van der Waals surface area (Å²) in [5.74, 6) is 0.386. The number of fused-ring (bicyclic) bond motifs is 3. The van der Waals surface area contributed by atoms with Gasteiger partial charge in [-0.3, -0.25) is 0 Å². The predicted octanol–water partition coefficient (Wildman–Crippen LogP) is 5.33. The van der Waals surface area contributed by atoms with Crippen molar-refractivity contribution < 1.29 is 9.14 Å². The number of hydrogen-bond donors (Lipinski definition) is 1. The molecule has 3 rings (SSSR count). The second-order valence-electron chi connectivity index (χ2n) is 7.65. The molecule has 2 aromatic rings. The van der Waals surface area contributed by atoms with Crippen molar-refractivity contribution in [3.05, 3.63) is 91.1 Å². The van der Waals surface area contributed by atoms with Gasteiger partial charge in [0.05, 0.1) is 6.42 Å². The Morgan fingerprint density at radius 3 is 2.69 bits per heavy atom. The van der Waals surface area contributed by atoms with Gasteiger partial charge in [0, 0.05) is 35.9 Å². The van der Waals surface area contributed by atoms with Crippen LogP contribution in [0.3, 0.4) is 0 Å². The van der Waals surface area contributed by atoms with Gasteiger partial charge in [0.15, 0.2) is 24.1 Å². The zero-order valence-electron chi connectivity index (χ0n) is 17.8. The lowest BCUT2D eigenvalue weighted by atomic mass is 9.78. The highest BCUT2D eigenvalue weighted by molar-refractivity contribution is 5.63. The molecule has 2 unspecified atom stereocenters. The lowest BCUT2D eigenvalue weighted by Crippen LogP contribution is -2.47. The molecule has 2 atom stereocenters. The van der Waals surface area contributed by atoms with Gasteiger partial charge in [-0.05, 0) is 57.0 Å². The molecule has 0 radical (unpaired) electrons. The van der Waals surface area contributed by atoms with Crippen molar-refractivity contribution in [1.29, 1.82) is 0 Å². The van der Waals surface area contributed by atoms with E-state index < -0.39 is 0 Å². The van der Waals surface area contributed by atoms with Gasteiger partial charge in [-0.15, -0.1) is 0 Å². The maximum absolute atomic E-state index is 4.32. The highest BCUT2D eigenvalue weighted by Gasteiger charge is 2.40. The average Bonchev–Trinajstić information content (AvgIpc) is 2.73. The Hall–Kier alpha value is -2.94. The molecule has 0 aliphatic carbocycles. The van der Waals surface area contributed by atoms with Crippen LogP contribution in [0.1, 0.15) is 50.6 Å².